The molecule has 0 unspecified atom stereocenters. The van der Waals surface area contributed by atoms with E-state index >= 15 is 0 Å². The average molecular weight is 298 g/mol. The highest BCUT2D eigenvalue weighted by Gasteiger charge is 2.12. The smallest absolute Gasteiger partial charge is 0.171 e. The Morgan fingerprint density at radius 1 is 1.24 bits per heavy atom. The zero-order chi connectivity index (χ0) is 12.3. The van der Waals surface area contributed by atoms with Crippen LogP contribution in [0.5, 0.6) is 11.5 Å². The maximum atomic E-state index is 5.29. The summed E-state index contributed by atoms with van der Waals surface area (Å²) in [6.07, 6.45) is 0. The van der Waals surface area contributed by atoms with Crippen LogP contribution >= 0.6 is 15.9 Å². The molecule has 0 spiro atoms. The number of hydrogen-bond donors (Lipinski definition) is 0. The Morgan fingerprint density at radius 2 is 2.06 bits per heavy atom. The molecule has 0 aliphatic carbocycles. The van der Waals surface area contributed by atoms with Gasteiger partial charge in [-0.05, 0) is 18.2 Å². The first kappa shape index (κ1) is 12.0. The number of aromatic nitrogens is 1. The molecule has 0 saturated heterocycles. The number of rotatable bonds is 4. The Kier molecular flexibility index (Phi) is 3.68. The van der Waals surface area contributed by atoms with E-state index in [0.29, 0.717) is 11.1 Å². The Morgan fingerprint density at radius 3 is 2.65 bits per heavy atom. The van der Waals surface area contributed by atoms with Crippen LogP contribution in [0.15, 0.2) is 28.8 Å². The topological polar surface area (TPSA) is 44.5 Å². The summed E-state index contributed by atoms with van der Waals surface area (Å²) in [5, 5.41) is 4.58. The SMILES string of the molecule is COc1ccc(OC)c(-c2cc(CBr)no2)c1. The van der Waals surface area contributed by atoms with E-state index in [9.17, 15) is 0 Å². The quantitative estimate of drug-likeness (QED) is 0.813. The molecule has 90 valence electrons. The second-order valence-corrected chi connectivity index (χ2v) is 3.94. The number of alkyl halides is 1. The number of benzene rings is 1. The van der Waals surface area contributed by atoms with Crippen molar-refractivity contribution in [3.63, 3.8) is 0 Å². The van der Waals surface area contributed by atoms with Crippen molar-refractivity contribution in [1.82, 2.24) is 5.16 Å². The zero-order valence-corrected chi connectivity index (χ0v) is 11.2. The molecule has 17 heavy (non-hydrogen) atoms. The molecule has 2 aromatic rings. The van der Waals surface area contributed by atoms with Crippen LogP contribution in [0.1, 0.15) is 5.69 Å². The number of hydrogen-bond acceptors (Lipinski definition) is 4. The summed E-state index contributed by atoms with van der Waals surface area (Å²) in [7, 11) is 3.24. The number of halogens is 1. The first-order valence-corrected chi connectivity index (χ1v) is 6.14. The molecule has 0 atom stereocenters. The fourth-order valence-corrected chi connectivity index (χ4v) is 1.77. The standard InChI is InChI=1S/C12H12BrNO3/c1-15-9-3-4-11(16-2)10(6-9)12-5-8(7-13)14-17-12/h3-6H,7H2,1-2H3. The van der Waals surface area contributed by atoms with E-state index in [1.807, 2.05) is 24.3 Å². The molecule has 1 heterocycles. The molecule has 2 rings (SSSR count). The fraction of sp³-hybridized carbons (Fsp3) is 0.250. The van der Waals surface area contributed by atoms with Gasteiger partial charge in [-0.15, -0.1) is 0 Å². The molecule has 0 bridgehead atoms. The highest BCUT2D eigenvalue weighted by atomic mass is 79.9. The highest BCUT2D eigenvalue weighted by molar-refractivity contribution is 9.08. The molecule has 0 radical (unpaired) electrons. The van der Waals surface area contributed by atoms with Gasteiger partial charge in [-0.1, -0.05) is 21.1 Å². The normalized spacial score (nSPS) is 10.3. The molecule has 0 fully saturated rings. The van der Waals surface area contributed by atoms with Crippen LogP contribution in [0.3, 0.4) is 0 Å². The number of ether oxygens (including phenoxy) is 2. The van der Waals surface area contributed by atoms with Crippen LogP contribution in [-0.4, -0.2) is 19.4 Å². The van der Waals surface area contributed by atoms with Gasteiger partial charge in [0.15, 0.2) is 5.76 Å². The van der Waals surface area contributed by atoms with Crippen LogP contribution in [0.4, 0.5) is 0 Å². The number of methoxy groups -OCH3 is 2. The third-order valence-electron chi connectivity index (χ3n) is 2.37. The van der Waals surface area contributed by atoms with Gasteiger partial charge in [0.05, 0.1) is 25.5 Å². The minimum absolute atomic E-state index is 0.656. The monoisotopic (exact) mass is 297 g/mol. The summed E-state index contributed by atoms with van der Waals surface area (Å²) in [5.41, 5.74) is 1.66. The van der Waals surface area contributed by atoms with Gasteiger partial charge < -0.3 is 14.0 Å². The van der Waals surface area contributed by atoms with Gasteiger partial charge in [-0.3, -0.25) is 0 Å². The second kappa shape index (κ2) is 5.23. The lowest BCUT2D eigenvalue weighted by molar-refractivity contribution is 0.397. The lowest BCUT2D eigenvalue weighted by Crippen LogP contribution is -1.89. The van der Waals surface area contributed by atoms with E-state index in [2.05, 4.69) is 21.1 Å². The largest absolute Gasteiger partial charge is 0.497 e. The Hall–Kier alpha value is -1.49. The van der Waals surface area contributed by atoms with Gasteiger partial charge in [0.25, 0.3) is 0 Å². The molecule has 0 aliphatic heterocycles. The third-order valence-corrected chi connectivity index (χ3v) is 2.94. The Balaban J connectivity index is 2.47. The summed E-state index contributed by atoms with van der Waals surface area (Å²) in [6.45, 7) is 0. The van der Waals surface area contributed by atoms with Crippen molar-refractivity contribution in [1.29, 1.82) is 0 Å². The van der Waals surface area contributed by atoms with Gasteiger partial charge in [0.1, 0.15) is 11.5 Å². The van der Waals surface area contributed by atoms with Crippen LogP contribution < -0.4 is 9.47 Å². The van der Waals surface area contributed by atoms with E-state index in [4.69, 9.17) is 14.0 Å². The van der Waals surface area contributed by atoms with Crippen molar-refractivity contribution < 1.29 is 14.0 Å². The third kappa shape index (κ3) is 2.44. The first-order valence-electron chi connectivity index (χ1n) is 5.02. The van der Waals surface area contributed by atoms with Crippen molar-refractivity contribution >= 4 is 15.9 Å². The lowest BCUT2D eigenvalue weighted by Gasteiger charge is -2.07. The molecule has 0 aliphatic rings. The van der Waals surface area contributed by atoms with Crippen molar-refractivity contribution in [3.05, 3.63) is 30.0 Å². The molecule has 0 saturated carbocycles. The lowest BCUT2D eigenvalue weighted by atomic mass is 10.1. The fourth-order valence-electron chi connectivity index (χ4n) is 1.51. The van der Waals surface area contributed by atoms with Crippen molar-refractivity contribution in [2.24, 2.45) is 0 Å². The zero-order valence-electron chi connectivity index (χ0n) is 9.57. The molecule has 1 aromatic heterocycles. The summed E-state index contributed by atoms with van der Waals surface area (Å²) in [6, 6.07) is 7.40. The van der Waals surface area contributed by atoms with Crippen LogP contribution in [0, 0.1) is 0 Å². The first-order chi connectivity index (χ1) is 8.28. The van der Waals surface area contributed by atoms with Crippen LogP contribution in [-0.2, 0) is 5.33 Å². The van der Waals surface area contributed by atoms with Gasteiger partial charge in [-0.25, -0.2) is 0 Å². The van der Waals surface area contributed by atoms with Crippen LogP contribution in [0.2, 0.25) is 0 Å². The van der Waals surface area contributed by atoms with E-state index in [1.54, 1.807) is 14.2 Å². The molecular weight excluding hydrogens is 286 g/mol. The molecule has 4 nitrogen and oxygen atoms in total. The Bertz CT molecular complexity index is 510. The molecule has 0 N–H and O–H groups in total. The maximum Gasteiger partial charge on any atom is 0.171 e. The highest BCUT2D eigenvalue weighted by Crippen LogP contribution is 2.33. The summed E-state index contributed by atoms with van der Waals surface area (Å²) >= 11 is 3.33. The van der Waals surface area contributed by atoms with E-state index in [1.165, 1.54) is 0 Å². The van der Waals surface area contributed by atoms with Gasteiger partial charge >= 0.3 is 0 Å². The minimum Gasteiger partial charge on any atom is -0.497 e. The minimum atomic E-state index is 0.656. The predicted octanol–water partition coefficient (Wildman–Crippen LogP) is 3.25. The van der Waals surface area contributed by atoms with Crippen LogP contribution in [0.25, 0.3) is 11.3 Å². The van der Waals surface area contributed by atoms with Gasteiger partial charge in [-0.2, -0.15) is 0 Å². The summed E-state index contributed by atoms with van der Waals surface area (Å²) < 4.78 is 15.7. The van der Waals surface area contributed by atoms with Crippen molar-refractivity contribution in [3.8, 4) is 22.8 Å². The molecular formula is C12H12BrNO3. The van der Waals surface area contributed by atoms with E-state index < -0.39 is 0 Å². The van der Waals surface area contributed by atoms with Gasteiger partial charge in [0, 0.05) is 11.4 Å². The molecule has 0 amide bonds. The predicted molar refractivity (Wildman–Crippen MR) is 67.7 cm³/mol. The molecule has 1 aromatic carbocycles. The average Bonchev–Trinajstić information content (AvgIpc) is 2.86. The van der Waals surface area contributed by atoms with Crippen molar-refractivity contribution in [2.45, 2.75) is 5.33 Å². The summed E-state index contributed by atoms with van der Waals surface area (Å²) in [5.74, 6) is 2.14. The second-order valence-electron chi connectivity index (χ2n) is 3.38. The molecule has 5 heteroatoms. The Labute approximate surface area is 108 Å². The summed E-state index contributed by atoms with van der Waals surface area (Å²) in [4.78, 5) is 0. The van der Waals surface area contributed by atoms with E-state index in [0.717, 1.165) is 22.8 Å². The maximum absolute atomic E-state index is 5.29. The van der Waals surface area contributed by atoms with E-state index in [-0.39, 0.29) is 0 Å². The van der Waals surface area contributed by atoms with Gasteiger partial charge in [0.2, 0.25) is 0 Å². The number of nitrogens with zero attached hydrogens (tertiary/aromatic N) is 1. The van der Waals surface area contributed by atoms with Crippen molar-refractivity contribution in [2.75, 3.05) is 14.2 Å².